The van der Waals surface area contributed by atoms with E-state index in [1.54, 1.807) is 21.2 Å². The SMILES string of the molecule is CC(C)(C)P(c1cc2ccccc2[cH-]1)C(C)(C)C.CC(C)(C)P(c1cc2ccccc2[cH-]1)C(C)(C)C.CCCCCCP(CCCCCC)c1cc2ccccc2[cH-]1.CCCCCCP(CCCCCC)c1cc2ccccc2[cH-]1.[Cl-].[Cl-].[Zr+2].[Zr+2]. The third kappa shape index (κ3) is 27.1. The van der Waals surface area contributed by atoms with E-state index >= 15 is 0 Å². The number of unbranched alkanes of at least 4 members (excludes halogenated alkanes) is 12. The minimum atomic E-state index is -0.185. The van der Waals surface area contributed by atoms with Crippen molar-refractivity contribution in [1.82, 2.24) is 0 Å². The van der Waals surface area contributed by atoms with Crippen molar-refractivity contribution in [2.45, 2.75) is 234 Å². The van der Waals surface area contributed by atoms with Crippen molar-refractivity contribution >= 4 is 96.0 Å². The van der Waals surface area contributed by atoms with Crippen LogP contribution in [0.1, 0.15) is 214 Å². The fraction of sp³-hybridized carbons (Fsp3) is 0.526. The molecule has 8 aromatic rings. The molecular weight excluding hydrogens is 1290 g/mol. The summed E-state index contributed by atoms with van der Waals surface area (Å²) in [7, 11) is -0.241. The molecule has 84 heavy (non-hydrogen) atoms. The third-order valence-electron chi connectivity index (χ3n) is 15.5. The molecule has 8 heteroatoms. The van der Waals surface area contributed by atoms with Gasteiger partial charge in [0.15, 0.2) is 0 Å². The van der Waals surface area contributed by atoms with Crippen molar-refractivity contribution in [3.05, 3.63) is 146 Å². The first-order chi connectivity index (χ1) is 38.1. The topological polar surface area (TPSA) is 0 Å². The van der Waals surface area contributed by atoms with E-state index in [9.17, 15) is 0 Å². The minimum absolute atomic E-state index is 0. The van der Waals surface area contributed by atoms with Gasteiger partial charge in [-0.3, -0.25) is 0 Å². The van der Waals surface area contributed by atoms with E-state index in [0.717, 1.165) is 0 Å². The van der Waals surface area contributed by atoms with Gasteiger partial charge in [0, 0.05) is 0 Å². The molecule has 460 valence electrons. The Bertz CT molecular complexity index is 2560. The summed E-state index contributed by atoms with van der Waals surface area (Å²) in [6.45, 7) is 37.7. The van der Waals surface area contributed by atoms with Gasteiger partial charge in [-0.2, -0.15) is 24.3 Å². The van der Waals surface area contributed by atoms with E-state index in [4.69, 9.17) is 0 Å². The van der Waals surface area contributed by atoms with Crippen LogP contribution in [-0.4, -0.2) is 45.3 Å². The van der Waals surface area contributed by atoms with E-state index < -0.39 is 0 Å². The van der Waals surface area contributed by atoms with Crippen LogP contribution in [0.15, 0.2) is 146 Å². The summed E-state index contributed by atoms with van der Waals surface area (Å²) in [6, 6.07) is 54.6. The van der Waals surface area contributed by atoms with Gasteiger partial charge in [0.2, 0.25) is 0 Å². The van der Waals surface area contributed by atoms with Gasteiger partial charge in [-0.05, 0) is 71.0 Å². The standard InChI is InChI=1S/2C21H32P.2C17H24P.2ClH.2Zr/c2*1-3-5-7-11-15-22(16-12-8-6-4-2)21-17-19-13-9-10-14-20(19)18-21;2*1-16(2,3)18(17(4,5)6)15-11-13-9-7-8-10-14(13)12-15;;;;/h2*9-10,13-14,17-18H,3-8,11-12,15-16H2,1-2H3;2*7-12H,1-6H3;2*1H;;/q4*-1;;;2*+2/p-2. The molecule has 0 atom stereocenters. The summed E-state index contributed by atoms with van der Waals surface area (Å²) in [6.07, 6.45) is 28.1. The number of hydrogen-bond donors (Lipinski definition) is 0. The van der Waals surface area contributed by atoms with Crippen LogP contribution in [0, 0.1) is 0 Å². The molecular formula is C76H112Cl2P4Zr2-2. The zero-order valence-corrected chi connectivity index (χ0v) is 65.5. The van der Waals surface area contributed by atoms with Crippen LogP contribution in [0.4, 0.5) is 0 Å². The van der Waals surface area contributed by atoms with Crippen LogP contribution >= 0.6 is 31.7 Å². The molecule has 8 rings (SSSR count). The van der Waals surface area contributed by atoms with Gasteiger partial charge in [0.25, 0.3) is 0 Å². The molecule has 0 amide bonds. The first-order valence-corrected chi connectivity index (χ1v) is 37.9. The molecule has 0 bridgehead atoms. The second-order valence-electron chi connectivity index (χ2n) is 26.9. The molecule has 0 aliphatic rings. The summed E-state index contributed by atoms with van der Waals surface area (Å²) < 4.78 is 0. The Hall–Kier alpha value is -0.614. The number of rotatable bonds is 24. The smallest absolute Gasteiger partial charge is 1.00 e. The van der Waals surface area contributed by atoms with Crippen LogP contribution < -0.4 is 46.0 Å². The first-order valence-electron chi connectivity index (χ1n) is 31.8. The molecule has 0 aliphatic carbocycles. The number of benzene rings is 4. The fourth-order valence-corrected chi connectivity index (χ4v) is 25.8. The maximum Gasteiger partial charge on any atom is 2.00 e. The van der Waals surface area contributed by atoms with Crippen molar-refractivity contribution in [1.29, 1.82) is 0 Å². The predicted octanol–water partition coefficient (Wildman–Crippen LogP) is 18.2. The second kappa shape index (κ2) is 41.0. The molecule has 0 aromatic heterocycles. The normalized spacial score (nSPS) is 11.9. The van der Waals surface area contributed by atoms with Crippen LogP contribution in [0.2, 0.25) is 0 Å². The zero-order valence-electron chi connectivity index (χ0n) is 55.5. The Morgan fingerprint density at radius 2 is 0.488 bits per heavy atom. The molecule has 0 fully saturated rings. The molecule has 0 heterocycles. The van der Waals surface area contributed by atoms with E-state index in [1.807, 2.05) is 0 Å². The molecule has 0 aliphatic heterocycles. The molecule has 8 aromatic carbocycles. The quantitative estimate of drug-likeness (QED) is 0.0321. The molecule has 0 nitrogen and oxygen atoms in total. The maximum absolute atomic E-state index is 2.47. The van der Waals surface area contributed by atoms with Crippen molar-refractivity contribution in [2.75, 3.05) is 24.6 Å². The van der Waals surface area contributed by atoms with Gasteiger partial charge in [-0.15, -0.1) is 161 Å². The first kappa shape index (κ1) is 81.4. The van der Waals surface area contributed by atoms with Gasteiger partial charge in [0.1, 0.15) is 0 Å². The molecule has 0 N–H and O–H groups in total. The van der Waals surface area contributed by atoms with E-state index in [0.29, 0.717) is 20.6 Å². The number of fused-ring (bicyclic) bond motifs is 4. The van der Waals surface area contributed by atoms with Crippen molar-refractivity contribution < 1.29 is 77.2 Å². The molecule has 0 unspecified atom stereocenters. The number of halogens is 2. The van der Waals surface area contributed by atoms with E-state index in [-0.39, 0.29) is 109 Å². The van der Waals surface area contributed by atoms with Gasteiger partial charge in [-0.25, -0.2) is 0 Å². The Labute approximate surface area is 572 Å². The second-order valence-corrected chi connectivity index (χ2v) is 39.7. The monoisotopic (exact) mass is 1400 g/mol. The van der Waals surface area contributed by atoms with Crippen LogP contribution in [0.5, 0.6) is 0 Å². The van der Waals surface area contributed by atoms with Gasteiger partial charge < -0.3 is 24.8 Å². The Kier molecular flexibility index (Phi) is 39.7. The molecule has 0 radical (unpaired) electrons. The molecule has 0 spiro atoms. The van der Waals surface area contributed by atoms with Crippen molar-refractivity contribution in [2.24, 2.45) is 0 Å². The van der Waals surface area contributed by atoms with Gasteiger partial charge in [-0.1, -0.05) is 244 Å². The van der Waals surface area contributed by atoms with Gasteiger partial charge in [0.05, 0.1) is 0 Å². The Balaban J connectivity index is 0.000000553. The van der Waals surface area contributed by atoms with Crippen molar-refractivity contribution in [3.8, 4) is 0 Å². The summed E-state index contributed by atoms with van der Waals surface area (Å²) >= 11 is 0. The van der Waals surface area contributed by atoms with Gasteiger partial charge >= 0.3 is 52.4 Å². The molecule has 0 saturated heterocycles. The Morgan fingerprint density at radius 3 is 0.690 bits per heavy atom. The average Bonchev–Trinajstić information content (AvgIpc) is 4.24. The predicted molar refractivity (Wildman–Crippen MR) is 379 cm³/mol. The largest absolute Gasteiger partial charge is 2.00 e. The molecule has 0 saturated carbocycles. The summed E-state index contributed by atoms with van der Waals surface area (Å²) in [5.74, 6) is 0. The maximum atomic E-state index is 2.47. The third-order valence-corrected chi connectivity index (χ3v) is 27.8. The van der Waals surface area contributed by atoms with E-state index in [2.05, 4.69) is 256 Å². The fourth-order valence-electron chi connectivity index (χ4n) is 12.4. The van der Waals surface area contributed by atoms with Crippen molar-refractivity contribution in [3.63, 3.8) is 0 Å². The van der Waals surface area contributed by atoms with Crippen LogP contribution in [-0.2, 0) is 52.4 Å². The van der Waals surface area contributed by atoms with Crippen LogP contribution in [0.25, 0.3) is 43.1 Å². The van der Waals surface area contributed by atoms with E-state index in [1.165, 1.54) is 170 Å². The summed E-state index contributed by atoms with van der Waals surface area (Å²) in [5, 5.41) is 19.1. The number of hydrogen-bond acceptors (Lipinski definition) is 0. The average molecular weight is 1400 g/mol. The summed E-state index contributed by atoms with van der Waals surface area (Å²) in [4.78, 5) is 0. The Morgan fingerprint density at radius 1 is 0.286 bits per heavy atom. The zero-order chi connectivity index (χ0) is 58.4. The van der Waals surface area contributed by atoms with Crippen LogP contribution in [0.3, 0.4) is 0 Å². The summed E-state index contributed by atoms with van der Waals surface area (Å²) in [5.41, 5.74) is 0. The minimum Gasteiger partial charge on any atom is -1.00 e.